The first-order valence-electron chi connectivity index (χ1n) is 10.3. The first kappa shape index (κ1) is 11.8. The van der Waals surface area contributed by atoms with E-state index < -0.39 is 12.7 Å². The molecule has 126 valence electrons. The molecule has 3 heteroatoms. The highest BCUT2D eigenvalue weighted by molar-refractivity contribution is 6.08. The van der Waals surface area contributed by atoms with Gasteiger partial charge in [-0.2, -0.15) is 0 Å². The summed E-state index contributed by atoms with van der Waals surface area (Å²) in [6, 6.07) is 11.6. The first-order valence-corrected chi connectivity index (χ1v) is 8.32. The van der Waals surface area contributed by atoms with Crippen LogP contribution in [0.1, 0.15) is 36.1 Å². The Hall–Kier alpha value is -2.68. The van der Waals surface area contributed by atoms with Gasteiger partial charge in [-0.15, -0.1) is 0 Å². The molecule has 0 radical (unpaired) electrons. The third-order valence-corrected chi connectivity index (χ3v) is 4.52. The molecule has 25 heavy (non-hydrogen) atoms. The predicted molar refractivity (Wildman–Crippen MR) is 103 cm³/mol. The summed E-state index contributed by atoms with van der Waals surface area (Å²) in [5.74, 6) is -1.62. The summed E-state index contributed by atoms with van der Waals surface area (Å²) in [5.41, 5.74) is 5.67. The molecular weight excluding hydrogens is 308 g/mol. The van der Waals surface area contributed by atoms with Crippen LogP contribution in [0.25, 0.3) is 33.3 Å². The Labute approximate surface area is 153 Å². The summed E-state index contributed by atoms with van der Waals surface area (Å²) in [6.07, 6.45) is 1.87. The fourth-order valence-corrected chi connectivity index (χ4v) is 3.06. The number of furan rings is 1. The van der Waals surface area contributed by atoms with Crippen LogP contribution in [0.2, 0.25) is 0 Å². The molecule has 0 bridgehead atoms. The minimum absolute atomic E-state index is 0.0159. The maximum atomic E-state index is 8.17. The van der Waals surface area contributed by atoms with Gasteiger partial charge in [-0.25, -0.2) is 4.98 Å². The molecule has 0 fully saturated rings. The van der Waals surface area contributed by atoms with Crippen LogP contribution >= 0.6 is 0 Å². The van der Waals surface area contributed by atoms with Gasteiger partial charge in [0.05, 0.1) is 5.69 Å². The second kappa shape index (κ2) is 5.99. The highest BCUT2D eigenvalue weighted by atomic mass is 16.3. The molecule has 1 aromatic carbocycles. The lowest BCUT2D eigenvalue weighted by Crippen LogP contribution is -1.96. The molecule has 3 nitrogen and oxygen atoms in total. The largest absolute Gasteiger partial charge is 0.437 e. The summed E-state index contributed by atoms with van der Waals surface area (Å²) in [5, 5.41) is 1.79. The standard InChI is InChI=1S/C22H22N2O/c1-13(2)10-16-8-9-18-17-6-5-7-19(21(17)25-22(18)24-16)20-11-14(3)15(4)12-23-20/h5-9,11-13H,10H2,1-4H3/i1D3,13D. The van der Waals surface area contributed by atoms with Crippen molar-refractivity contribution >= 4 is 22.1 Å². The highest BCUT2D eigenvalue weighted by Gasteiger charge is 2.14. The smallest absolute Gasteiger partial charge is 0.227 e. The molecule has 0 aliphatic rings. The number of aryl methyl sites for hydroxylation is 2. The molecule has 0 aliphatic carbocycles. The zero-order valence-corrected chi connectivity index (χ0v) is 14.6. The average Bonchev–Trinajstić information content (AvgIpc) is 3.00. The van der Waals surface area contributed by atoms with Crippen molar-refractivity contribution in [2.75, 3.05) is 0 Å². The summed E-state index contributed by atoms with van der Waals surface area (Å²) in [6.45, 7) is 3.10. The number of aromatic nitrogens is 2. The van der Waals surface area contributed by atoms with Crippen molar-refractivity contribution in [3.05, 3.63) is 59.4 Å². The lowest BCUT2D eigenvalue weighted by molar-refractivity contribution is 0.621. The number of benzene rings is 1. The van der Waals surface area contributed by atoms with E-state index in [0.29, 0.717) is 17.0 Å². The number of nitrogens with zero attached hydrogens (tertiary/aromatic N) is 2. The third kappa shape index (κ3) is 2.80. The van der Waals surface area contributed by atoms with Crippen LogP contribution in [0.3, 0.4) is 0 Å². The second-order valence-corrected chi connectivity index (χ2v) is 6.55. The van der Waals surface area contributed by atoms with Crippen LogP contribution in [0.4, 0.5) is 0 Å². The van der Waals surface area contributed by atoms with Crippen molar-refractivity contribution < 1.29 is 9.90 Å². The van der Waals surface area contributed by atoms with E-state index in [1.807, 2.05) is 43.5 Å². The molecular formula is C22H22N2O. The molecule has 3 aromatic heterocycles. The molecule has 4 aromatic rings. The Morgan fingerprint density at radius 1 is 1.16 bits per heavy atom. The zero-order chi connectivity index (χ0) is 21.0. The Balaban J connectivity index is 1.83. The molecule has 0 amide bonds. The van der Waals surface area contributed by atoms with Gasteiger partial charge in [0, 0.05) is 33.7 Å². The molecule has 0 aliphatic heterocycles. The van der Waals surface area contributed by atoms with E-state index in [1.54, 1.807) is 6.07 Å². The number of pyridine rings is 2. The van der Waals surface area contributed by atoms with Gasteiger partial charge in [0.2, 0.25) is 5.71 Å². The molecule has 0 saturated carbocycles. The van der Waals surface area contributed by atoms with Gasteiger partial charge in [0.25, 0.3) is 0 Å². The average molecular weight is 334 g/mol. The van der Waals surface area contributed by atoms with Gasteiger partial charge in [-0.3, -0.25) is 4.98 Å². The van der Waals surface area contributed by atoms with Gasteiger partial charge in [0.15, 0.2) is 0 Å². The Kier molecular flexibility index (Phi) is 2.83. The van der Waals surface area contributed by atoms with Crippen LogP contribution in [0.15, 0.2) is 47.0 Å². The Morgan fingerprint density at radius 2 is 2.04 bits per heavy atom. The van der Waals surface area contributed by atoms with Crippen LogP contribution in [-0.4, -0.2) is 9.97 Å². The van der Waals surface area contributed by atoms with Crippen molar-refractivity contribution in [1.82, 2.24) is 9.97 Å². The maximum absolute atomic E-state index is 8.17. The van der Waals surface area contributed by atoms with E-state index in [2.05, 4.69) is 16.9 Å². The normalized spacial score (nSPS) is 16.9. The van der Waals surface area contributed by atoms with E-state index in [1.165, 1.54) is 6.92 Å². The molecule has 0 saturated heterocycles. The van der Waals surface area contributed by atoms with Gasteiger partial charge < -0.3 is 4.42 Å². The second-order valence-electron chi connectivity index (χ2n) is 6.55. The van der Waals surface area contributed by atoms with Gasteiger partial charge in [-0.05, 0) is 61.6 Å². The summed E-state index contributed by atoms with van der Waals surface area (Å²) in [4.78, 5) is 9.08. The minimum Gasteiger partial charge on any atom is -0.437 e. The lowest BCUT2D eigenvalue weighted by Gasteiger charge is -2.05. The van der Waals surface area contributed by atoms with Gasteiger partial charge in [-0.1, -0.05) is 25.9 Å². The van der Waals surface area contributed by atoms with Crippen molar-refractivity contribution in [1.29, 1.82) is 0 Å². The van der Waals surface area contributed by atoms with E-state index in [9.17, 15) is 0 Å². The molecule has 1 unspecified atom stereocenters. The topological polar surface area (TPSA) is 38.9 Å². The number of hydrogen-bond acceptors (Lipinski definition) is 3. The minimum atomic E-state index is -2.39. The molecule has 4 rings (SSSR count). The Bertz CT molecular complexity index is 1220. The quantitative estimate of drug-likeness (QED) is 0.471. The predicted octanol–water partition coefficient (Wildman–Crippen LogP) is 5.86. The van der Waals surface area contributed by atoms with Crippen molar-refractivity contribution in [2.45, 2.75) is 34.0 Å². The number of hydrogen-bond donors (Lipinski definition) is 0. The van der Waals surface area contributed by atoms with E-state index in [-0.39, 0.29) is 6.42 Å². The SMILES string of the molecule is [2H]C([2H])([2H])C([2H])(C)Cc1ccc2c(n1)oc1c(-c3cc(C)c(C)cn3)cccc12. The van der Waals surface area contributed by atoms with E-state index in [0.717, 1.165) is 33.2 Å². The summed E-state index contributed by atoms with van der Waals surface area (Å²) >= 11 is 0. The van der Waals surface area contributed by atoms with Crippen LogP contribution in [0, 0.1) is 19.7 Å². The summed E-state index contributed by atoms with van der Waals surface area (Å²) in [7, 11) is 0. The molecule has 0 N–H and O–H groups in total. The van der Waals surface area contributed by atoms with E-state index in [4.69, 9.17) is 9.90 Å². The van der Waals surface area contributed by atoms with Crippen LogP contribution < -0.4 is 0 Å². The fraction of sp³-hybridized carbons (Fsp3) is 0.273. The number of rotatable bonds is 3. The zero-order valence-electron chi connectivity index (χ0n) is 18.6. The highest BCUT2D eigenvalue weighted by Crippen LogP contribution is 2.35. The molecule has 0 spiro atoms. The van der Waals surface area contributed by atoms with Crippen LogP contribution in [0.5, 0.6) is 0 Å². The third-order valence-electron chi connectivity index (χ3n) is 4.52. The van der Waals surface area contributed by atoms with Gasteiger partial charge in [0.1, 0.15) is 5.58 Å². The van der Waals surface area contributed by atoms with Gasteiger partial charge >= 0.3 is 0 Å². The lowest BCUT2D eigenvalue weighted by atomic mass is 10.0. The monoisotopic (exact) mass is 334 g/mol. The maximum Gasteiger partial charge on any atom is 0.227 e. The van der Waals surface area contributed by atoms with Crippen LogP contribution in [-0.2, 0) is 6.42 Å². The first-order chi connectivity index (χ1) is 13.6. The summed E-state index contributed by atoms with van der Waals surface area (Å²) < 4.78 is 37.0. The van der Waals surface area contributed by atoms with Crippen molar-refractivity contribution in [3.8, 4) is 11.3 Å². The Morgan fingerprint density at radius 3 is 2.84 bits per heavy atom. The fourth-order valence-electron chi connectivity index (χ4n) is 3.06. The van der Waals surface area contributed by atoms with Crippen molar-refractivity contribution in [3.63, 3.8) is 0 Å². The molecule has 3 heterocycles. The number of fused-ring (bicyclic) bond motifs is 3. The van der Waals surface area contributed by atoms with Crippen molar-refractivity contribution in [2.24, 2.45) is 5.89 Å². The number of para-hydroxylation sites is 1. The molecule has 1 atom stereocenters. The van der Waals surface area contributed by atoms with E-state index >= 15 is 0 Å².